The van der Waals surface area contributed by atoms with Gasteiger partial charge in [0.1, 0.15) is 0 Å². The number of aliphatic carboxylic acids is 1. The lowest BCUT2D eigenvalue weighted by Crippen LogP contribution is -2.27. The molecule has 68 valence electrons. The highest BCUT2D eigenvalue weighted by Crippen LogP contribution is 2.26. The maximum atomic E-state index is 10.3. The summed E-state index contributed by atoms with van der Waals surface area (Å²) in [4.78, 5) is 13.8. The maximum Gasteiger partial charge on any atom is 0.303 e. The zero-order chi connectivity index (χ0) is 9.78. The first-order valence-corrected chi connectivity index (χ1v) is 4.03. The van der Waals surface area contributed by atoms with Gasteiger partial charge in [-0.15, -0.1) is 0 Å². The van der Waals surface area contributed by atoms with E-state index in [0.29, 0.717) is 6.42 Å². The molecule has 1 unspecified atom stereocenters. The molecule has 0 saturated heterocycles. The molecule has 0 aromatic carbocycles. The zero-order valence-corrected chi connectivity index (χ0v) is 7.79. The second-order valence-corrected chi connectivity index (χ2v) is 3.52. The number of nitrogens with zero attached hydrogens (tertiary/aromatic N) is 1. The lowest BCUT2D eigenvalue weighted by molar-refractivity contribution is -0.137. The van der Waals surface area contributed by atoms with E-state index in [1.807, 2.05) is 20.8 Å². The van der Waals surface area contributed by atoms with Gasteiger partial charge in [0.05, 0.1) is 6.42 Å². The Balaban J connectivity index is 4.18. The average molecular weight is 169 g/mol. The van der Waals surface area contributed by atoms with Gasteiger partial charge in [-0.05, 0) is 0 Å². The Morgan fingerprint density at radius 1 is 1.67 bits per heavy atom. The molecule has 0 fully saturated rings. The topological polar surface area (TPSA) is 41.7 Å². The van der Waals surface area contributed by atoms with Crippen LogP contribution in [0.5, 0.6) is 0 Å². The Morgan fingerprint density at radius 3 is 2.42 bits per heavy atom. The first-order chi connectivity index (χ1) is 5.42. The van der Waals surface area contributed by atoms with Crippen LogP contribution in [0.2, 0.25) is 0 Å². The van der Waals surface area contributed by atoms with E-state index in [2.05, 4.69) is 4.85 Å². The summed E-state index contributed by atoms with van der Waals surface area (Å²) in [5, 5.41) is 8.45. The van der Waals surface area contributed by atoms with Crippen LogP contribution >= 0.6 is 0 Å². The first kappa shape index (κ1) is 11.0. The molecule has 0 spiro atoms. The van der Waals surface area contributed by atoms with Crippen LogP contribution in [0.3, 0.4) is 0 Å². The summed E-state index contributed by atoms with van der Waals surface area (Å²) >= 11 is 0. The van der Waals surface area contributed by atoms with Crippen molar-refractivity contribution in [1.29, 1.82) is 0 Å². The summed E-state index contributed by atoms with van der Waals surface area (Å²) in [6, 6.07) is 0. The van der Waals surface area contributed by atoms with Crippen LogP contribution in [-0.4, -0.2) is 16.6 Å². The Kier molecular flexibility index (Phi) is 3.75. The van der Waals surface area contributed by atoms with E-state index in [1.54, 1.807) is 0 Å². The molecule has 0 bridgehead atoms. The van der Waals surface area contributed by atoms with E-state index >= 15 is 0 Å². The number of hydrogen-bond acceptors (Lipinski definition) is 1. The predicted octanol–water partition coefficient (Wildman–Crippen LogP) is 2.19. The van der Waals surface area contributed by atoms with Crippen LogP contribution in [0.25, 0.3) is 4.85 Å². The van der Waals surface area contributed by atoms with E-state index in [9.17, 15) is 4.79 Å². The minimum Gasteiger partial charge on any atom is -0.481 e. The van der Waals surface area contributed by atoms with Crippen molar-refractivity contribution in [3.8, 4) is 0 Å². The summed E-state index contributed by atoms with van der Waals surface area (Å²) in [6.07, 6.45) is 0.514. The number of hydrogen-bond donors (Lipinski definition) is 1. The summed E-state index contributed by atoms with van der Waals surface area (Å²) in [6.45, 7) is 12.7. The molecule has 0 saturated carbocycles. The molecule has 0 aliphatic carbocycles. The van der Waals surface area contributed by atoms with Gasteiger partial charge in [-0.3, -0.25) is 4.79 Å². The monoisotopic (exact) mass is 169 g/mol. The third kappa shape index (κ3) is 2.91. The molecule has 0 aromatic heterocycles. The fourth-order valence-corrected chi connectivity index (χ4v) is 0.834. The normalized spacial score (nSPS) is 15.2. The molecule has 3 nitrogen and oxygen atoms in total. The van der Waals surface area contributed by atoms with Gasteiger partial charge in [0.15, 0.2) is 0 Å². The first-order valence-electron chi connectivity index (χ1n) is 4.03. The second-order valence-electron chi connectivity index (χ2n) is 3.52. The van der Waals surface area contributed by atoms with Crippen molar-refractivity contribution in [2.45, 2.75) is 39.2 Å². The van der Waals surface area contributed by atoms with Gasteiger partial charge >= 0.3 is 5.97 Å². The molecule has 1 atom stereocenters. The molecule has 0 aliphatic heterocycles. The van der Waals surface area contributed by atoms with Gasteiger partial charge in [-0.1, -0.05) is 13.8 Å². The minimum absolute atomic E-state index is 0.0804. The third-order valence-electron chi connectivity index (χ3n) is 2.34. The number of carboxylic acids is 1. The van der Waals surface area contributed by atoms with Crippen molar-refractivity contribution < 1.29 is 9.90 Å². The Bertz CT molecular complexity index is 205. The number of carboxylic acid groups (broad SMARTS) is 1. The van der Waals surface area contributed by atoms with E-state index in [4.69, 9.17) is 11.7 Å². The van der Waals surface area contributed by atoms with Crippen molar-refractivity contribution >= 4 is 5.97 Å². The van der Waals surface area contributed by atoms with Crippen LogP contribution in [0, 0.1) is 12.5 Å². The Hall–Kier alpha value is -1.04. The van der Waals surface area contributed by atoms with Gasteiger partial charge in [-0.2, -0.15) is 0 Å². The molecule has 0 rings (SSSR count). The van der Waals surface area contributed by atoms with Crippen molar-refractivity contribution in [2.24, 2.45) is 5.92 Å². The summed E-state index contributed by atoms with van der Waals surface area (Å²) in [5.41, 5.74) is -0.515. The molecule has 0 aromatic rings. The molecular formula is C9H15NO2. The Labute approximate surface area is 73.2 Å². The van der Waals surface area contributed by atoms with Crippen molar-refractivity contribution in [3.63, 3.8) is 0 Å². The lowest BCUT2D eigenvalue weighted by atomic mass is 9.85. The fourth-order valence-electron chi connectivity index (χ4n) is 0.834. The van der Waals surface area contributed by atoms with Gasteiger partial charge < -0.3 is 9.95 Å². The molecule has 0 aliphatic rings. The summed E-state index contributed by atoms with van der Waals surface area (Å²) < 4.78 is 0. The van der Waals surface area contributed by atoms with Crippen LogP contribution in [0.1, 0.15) is 33.6 Å². The van der Waals surface area contributed by atoms with Crippen molar-refractivity contribution in [3.05, 3.63) is 11.4 Å². The maximum absolute atomic E-state index is 10.3. The highest BCUT2D eigenvalue weighted by Gasteiger charge is 2.34. The molecule has 0 amide bonds. The van der Waals surface area contributed by atoms with Gasteiger partial charge in [-0.25, -0.2) is 6.57 Å². The molecule has 0 heterocycles. The predicted molar refractivity (Wildman–Crippen MR) is 46.7 cm³/mol. The number of carbonyl (C=O) groups is 1. The summed E-state index contributed by atoms with van der Waals surface area (Å²) in [5.74, 6) is -0.625. The molecular weight excluding hydrogens is 154 g/mol. The van der Waals surface area contributed by atoms with Crippen LogP contribution in [0.15, 0.2) is 0 Å². The van der Waals surface area contributed by atoms with Crippen LogP contribution in [-0.2, 0) is 4.79 Å². The zero-order valence-electron chi connectivity index (χ0n) is 7.79. The van der Waals surface area contributed by atoms with Crippen LogP contribution < -0.4 is 0 Å². The average Bonchev–Trinajstić information content (AvgIpc) is 1.99. The van der Waals surface area contributed by atoms with Gasteiger partial charge in [0, 0.05) is 19.3 Å². The molecule has 3 heteroatoms. The lowest BCUT2D eigenvalue weighted by Gasteiger charge is -2.19. The smallest absolute Gasteiger partial charge is 0.303 e. The quantitative estimate of drug-likeness (QED) is 0.655. The molecule has 12 heavy (non-hydrogen) atoms. The van der Waals surface area contributed by atoms with Crippen molar-refractivity contribution in [1.82, 2.24) is 0 Å². The SMILES string of the molecule is [C-]#[N+]C(C)(CCC(=O)O)C(C)C. The van der Waals surface area contributed by atoms with Gasteiger partial charge in [0.2, 0.25) is 5.54 Å². The largest absolute Gasteiger partial charge is 0.481 e. The number of rotatable bonds is 4. The third-order valence-corrected chi connectivity index (χ3v) is 2.34. The van der Waals surface area contributed by atoms with Gasteiger partial charge in [0.25, 0.3) is 0 Å². The standard InChI is InChI=1S/C9H15NO2/c1-7(2)9(3,10-4)6-5-8(11)12/h7H,5-6H2,1-3H3,(H,11,12). The highest BCUT2D eigenvalue weighted by atomic mass is 16.4. The Morgan fingerprint density at radius 2 is 2.17 bits per heavy atom. The fraction of sp³-hybridized carbons (Fsp3) is 0.778. The van der Waals surface area contributed by atoms with E-state index < -0.39 is 11.5 Å². The van der Waals surface area contributed by atoms with E-state index in [-0.39, 0.29) is 12.3 Å². The second kappa shape index (κ2) is 4.10. The summed E-state index contributed by atoms with van der Waals surface area (Å²) in [7, 11) is 0. The highest BCUT2D eigenvalue weighted by molar-refractivity contribution is 5.66. The van der Waals surface area contributed by atoms with Crippen LogP contribution in [0.4, 0.5) is 0 Å². The van der Waals surface area contributed by atoms with E-state index in [1.165, 1.54) is 0 Å². The minimum atomic E-state index is -0.828. The molecule has 0 radical (unpaired) electrons. The van der Waals surface area contributed by atoms with Crippen molar-refractivity contribution in [2.75, 3.05) is 0 Å². The van der Waals surface area contributed by atoms with E-state index in [0.717, 1.165) is 0 Å². The molecule has 1 N–H and O–H groups in total.